The Morgan fingerprint density at radius 1 is 1.07 bits per heavy atom. The number of carbonyl (C=O) groups excluding carboxylic acids is 2. The van der Waals surface area contributed by atoms with Crippen LogP contribution < -0.4 is 4.74 Å². The molecule has 0 radical (unpaired) electrons. The van der Waals surface area contributed by atoms with E-state index in [-0.39, 0.29) is 11.6 Å². The first kappa shape index (κ1) is 19.4. The second-order valence-electron chi connectivity index (χ2n) is 7.71. The maximum absolute atomic E-state index is 13.0. The van der Waals surface area contributed by atoms with E-state index in [0.29, 0.717) is 18.6 Å². The molecule has 3 aliphatic rings. The molecule has 6 heteroatoms. The van der Waals surface area contributed by atoms with Crippen molar-refractivity contribution in [3.63, 3.8) is 0 Å². The highest BCUT2D eigenvalue weighted by Crippen LogP contribution is 2.49. The van der Waals surface area contributed by atoms with Crippen molar-refractivity contribution in [3.05, 3.63) is 52.4 Å². The number of carbonyl (C=O) groups is 3. The molecule has 0 fully saturated rings. The lowest BCUT2D eigenvalue weighted by Crippen LogP contribution is -2.39. The Morgan fingerprint density at radius 2 is 1.69 bits per heavy atom. The predicted octanol–water partition coefficient (Wildman–Crippen LogP) is 3.58. The number of aliphatic carboxylic acids is 1. The molecule has 0 saturated heterocycles. The minimum absolute atomic E-state index is 0.108. The van der Waals surface area contributed by atoms with Crippen LogP contribution in [0.5, 0.6) is 5.75 Å². The van der Waals surface area contributed by atoms with Gasteiger partial charge in [0.25, 0.3) is 0 Å². The Kier molecular flexibility index (Phi) is 5.26. The van der Waals surface area contributed by atoms with Crippen LogP contribution in [-0.2, 0) is 14.4 Å². The molecule has 1 aromatic rings. The standard InChI is InChI=1S/C23H25NO5/c1-2-24-16-8-4-10-18(25)22(16)21(23-17(24)9-5-11-19(23)26)14-6-3-7-15(12-14)29-13-20(27)28/h3,6-7,12,21H,2,4-5,8-11,13H2,1H3,(H,27,28). The van der Waals surface area contributed by atoms with E-state index in [0.717, 1.165) is 60.3 Å². The molecule has 0 aromatic heterocycles. The monoisotopic (exact) mass is 395 g/mol. The summed E-state index contributed by atoms with van der Waals surface area (Å²) >= 11 is 0. The molecule has 1 aliphatic heterocycles. The second-order valence-corrected chi connectivity index (χ2v) is 7.71. The van der Waals surface area contributed by atoms with Crippen molar-refractivity contribution in [1.82, 2.24) is 4.90 Å². The minimum atomic E-state index is -1.05. The molecule has 152 valence electrons. The van der Waals surface area contributed by atoms with E-state index in [1.807, 2.05) is 6.07 Å². The van der Waals surface area contributed by atoms with Gasteiger partial charge in [-0.2, -0.15) is 0 Å². The second kappa shape index (κ2) is 7.85. The third-order valence-electron chi connectivity index (χ3n) is 5.96. The molecule has 0 saturated carbocycles. The van der Waals surface area contributed by atoms with Crippen molar-refractivity contribution in [1.29, 1.82) is 0 Å². The van der Waals surface area contributed by atoms with Gasteiger partial charge in [0.05, 0.1) is 0 Å². The van der Waals surface area contributed by atoms with E-state index in [9.17, 15) is 14.4 Å². The number of allylic oxidation sites excluding steroid dienone is 4. The number of rotatable bonds is 5. The molecular formula is C23H25NO5. The first-order valence-corrected chi connectivity index (χ1v) is 10.3. The maximum Gasteiger partial charge on any atom is 0.341 e. The maximum atomic E-state index is 13.0. The fraction of sp³-hybridized carbons (Fsp3) is 0.435. The Morgan fingerprint density at radius 3 is 2.24 bits per heavy atom. The summed E-state index contributed by atoms with van der Waals surface area (Å²) in [4.78, 5) is 39.1. The topological polar surface area (TPSA) is 83.9 Å². The van der Waals surface area contributed by atoms with Gasteiger partial charge in [0.1, 0.15) is 5.75 Å². The average molecular weight is 395 g/mol. The number of ketones is 2. The highest BCUT2D eigenvalue weighted by Gasteiger charge is 2.42. The van der Waals surface area contributed by atoms with E-state index in [4.69, 9.17) is 9.84 Å². The predicted molar refractivity (Wildman–Crippen MR) is 106 cm³/mol. The number of benzene rings is 1. The number of hydrogen-bond acceptors (Lipinski definition) is 5. The molecule has 29 heavy (non-hydrogen) atoms. The van der Waals surface area contributed by atoms with Crippen molar-refractivity contribution < 1.29 is 24.2 Å². The van der Waals surface area contributed by atoms with Crippen LogP contribution in [0.15, 0.2) is 46.8 Å². The SMILES string of the molecule is CCN1C2=C(C(=O)CCC2)C(c2cccc(OCC(=O)O)c2)C2=C1CCCC2=O. The van der Waals surface area contributed by atoms with Gasteiger partial charge in [-0.05, 0) is 50.3 Å². The molecule has 0 bridgehead atoms. The summed E-state index contributed by atoms with van der Waals surface area (Å²) < 4.78 is 5.36. The Balaban J connectivity index is 1.85. The van der Waals surface area contributed by atoms with Crippen LogP contribution in [0, 0.1) is 0 Å². The van der Waals surface area contributed by atoms with E-state index in [1.165, 1.54) is 0 Å². The van der Waals surface area contributed by atoms with Gasteiger partial charge in [0.2, 0.25) is 0 Å². The van der Waals surface area contributed by atoms with Gasteiger partial charge < -0.3 is 14.7 Å². The van der Waals surface area contributed by atoms with E-state index in [1.54, 1.807) is 18.2 Å². The third-order valence-corrected chi connectivity index (χ3v) is 5.96. The summed E-state index contributed by atoms with van der Waals surface area (Å²) in [7, 11) is 0. The van der Waals surface area contributed by atoms with E-state index in [2.05, 4.69) is 11.8 Å². The normalized spacial score (nSPS) is 20.0. The molecule has 4 rings (SSSR count). The number of carboxylic acid groups (broad SMARTS) is 1. The smallest absolute Gasteiger partial charge is 0.341 e. The zero-order valence-corrected chi connectivity index (χ0v) is 16.6. The number of nitrogens with zero attached hydrogens (tertiary/aromatic N) is 1. The molecule has 0 atom stereocenters. The van der Waals surface area contributed by atoms with Crippen LogP contribution >= 0.6 is 0 Å². The van der Waals surface area contributed by atoms with Gasteiger partial charge in [-0.15, -0.1) is 0 Å². The molecule has 1 N–H and O–H groups in total. The fourth-order valence-corrected chi connectivity index (χ4v) is 4.86. The van der Waals surface area contributed by atoms with E-state index >= 15 is 0 Å². The first-order chi connectivity index (χ1) is 14.0. The van der Waals surface area contributed by atoms with Gasteiger partial charge in [-0.25, -0.2) is 4.79 Å². The third kappa shape index (κ3) is 3.48. The fourth-order valence-electron chi connectivity index (χ4n) is 4.86. The van der Waals surface area contributed by atoms with Gasteiger partial charge in [0, 0.05) is 47.8 Å². The Bertz CT molecular complexity index is 898. The lowest BCUT2D eigenvalue weighted by atomic mass is 9.71. The average Bonchev–Trinajstić information content (AvgIpc) is 2.71. The van der Waals surface area contributed by atoms with Gasteiger partial charge in [0.15, 0.2) is 18.2 Å². The zero-order chi connectivity index (χ0) is 20.5. The molecule has 2 aliphatic carbocycles. The summed E-state index contributed by atoms with van der Waals surface area (Å²) in [6, 6.07) is 7.16. The largest absolute Gasteiger partial charge is 0.482 e. The molecule has 0 amide bonds. The molecule has 0 unspecified atom stereocenters. The number of ether oxygens (including phenoxy) is 1. The number of hydrogen-bond donors (Lipinski definition) is 1. The lowest BCUT2D eigenvalue weighted by Gasteiger charge is -2.43. The van der Waals surface area contributed by atoms with Crippen molar-refractivity contribution in [3.8, 4) is 5.75 Å². The van der Waals surface area contributed by atoms with Gasteiger partial charge in [-0.1, -0.05) is 12.1 Å². The summed E-state index contributed by atoms with van der Waals surface area (Å²) in [5.74, 6) is -0.796. The van der Waals surface area contributed by atoms with Crippen LogP contribution in [0.3, 0.4) is 0 Å². The van der Waals surface area contributed by atoms with Gasteiger partial charge >= 0.3 is 5.97 Å². The quantitative estimate of drug-likeness (QED) is 0.820. The summed E-state index contributed by atoms with van der Waals surface area (Å²) in [5, 5.41) is 8.89. The first-order valence-electron chi connectivity index (χ1n) is 10.3. The summed E-state index contributed by atoms with van der Waals surface area (Å²) in [5.41, 5.74) is 4.40. The summed E-state index contributed by atoms with van der Waals surface area (Å²) in [6.45, 7) is 2.37. The molecule has 1 aromatic carbocycles. The molecule has 6 nitrogen and oxygen atoms in total. The molecule has 0 spiro atoms. The van der Waals surface area contributed by atoms with Crippen LogP contribution in [0.25, 0.3) is 0 Å². The van der Waals surface area contributed by atoms with Crippen LogP contribution in [0.1, 0.15) is 56.9 Å². The number of Topliss-reactive ketones (excluding diaryl/α,β-unsaturated/α-hetero) is 2. The highest BCUT2D eigenvalue weighted by atomic mass is 16.5. The minimum Gasteiger partial charge on any atom is -0.482 e. The van der Waals surface area contributed by atoms with E-state index < -0.39 is 18.5 Å². The molecule has 1 heterocycles. The lowest BCUT2D eigenvalue weighted by molar-refractivity contribution is -0.139. The Hall–Kier alpha value is -2.89. The highest BCUT2D eigenvalue weighted by molar-refractivity contribution is 6.06. The van der Waals surface area contributed by atoms with Gasteiger partial charge in [-0.3, -0.25) is 9.59 Å². The van der Waals surface area contributed by atoms with Crippen LogP contribution in [0.4, 0.5) is 0 Å². The van der Waals surface area contributed by atoms with Crippen molar-refractivity contribution in [2.75, 3.05) is 13.2 Å². The van der Waals surface area contributed by atoms with Crippen molar-refractivity contribution in [2.24, 2.45) is 0 Å². The van der Waals surface area contributed by atoms with Crippen molar-refractivity contribution >= 4 is 17.5 Å². The van der Waals surface area contributed by atoms with Crippen molar-refractivity contribution in [2.45, 2.75) is 51.4 Å². The number of carboxylic acids is 1. The summed E-state index contributed by atoms with van der Waals surface area (Å²) in [6.07, 6.45) is 4.34. The van der Waals surface area contributed by atoms with Crippen LogP contribution in [0.2, 0.25) is 0 Å². The molecular weight excluding hydrogens is 370 g/mol. The Labute approximate surface area is 169 Å². The van der Waals surface area contributed by atoms with Crippen LogP contribution in [-0.4, -0.2) is 40.7 Å². The zero-order valence-electron chi connectivity index (χ0n) is 16.6.